The van der Waals surface area contributed by atoms with Gasteiger partial charge in [0, 0.05) is 23.9 Å². The van der Waals surface area contributed by atoms with Crippen LogP contribution in [0.25, 0.3) is 0 Å². The molecule has 0 aliphatic heterocycles. The summed E-state index contributed by atoms with van der Waals surface area (Å²) in [6.45, 7) is 0. The number of carbonyl (C=O) groups is 1. The van der Waals surface area contributed by atoms with Crippen LogP contribution in [0.3, 0.4) is 0 Å². The molecule has 0 unspecified atom stereocenters. The summed E-state index contributed by atoms with van der Waals surface area (Å²) in [6.07, 6.45) is 0. The topological polar surface area (TPSA) is 32.3 Å². The summed E-state index contributed by atoms with van der Waals surface area (Å²) < 4.78 is 0.998. The second kappa shape index (κ2) is 3.91. The third-order valence-electron chi connectivity index (χ3n) is 1.40. The maximum absolute atomic E-state index is 11.1. The van der Waals surface area contributed by atoms with Gasteiger partial charge in [0.15, 0.2) is 0 Å². The number of nitrogens with zero attached hydrogens (tertiary/aromatic N) is 1. The minimum atomic E-state index is -0.107. The second-order valence-corrected chi connectivity index (χ2v) is 4.02. The van der Waals surface area contributed by atoms with Crippen LogP contribution in [0.2, 0.25) is 0 Å². The highest BCUT2D eigenvalue weighted by Crippen LogP contribution is 2.27. The van der Waals surface area contributed by atoms with Gasteiger partial charge in [0.2, 0.25) is 0 Å². The number of halogens is 1. The van der Waals surface area contributed by atoms with Crippen molar-refractivity contribution < 1.29 is 4.79 Å². The lowest BCUT2D eigenvalue weighted by Gasteiger charge is -2.13. The molecule has 0 bridgehead atoms. The number of carbonyl (C=O) groups excluding carboxylic acids is 1. The van der Waals surface area contributed by atoms with E-state index < -0.39 is 0 Å². The Morgan fingerprint density at radius 2 is 2.42 bits per heavy atom. The Morgan fingerprint density at radius 3 is 2.83 bits per heavy atom. The van der Waals surface area contributed by atoms with Crippen LogP contribution in [0, 0.1) is 0 Å². The Bertz CT molecular complexity index is 287. The van der Waals surface area contributed by atoms with Gasteiger partial charge < -0.3 is 5.32 Å². The van der Waals surface area contributed by atoms with Crippen LogP contribution < -0.4 is 10.2 Å². The van der Waals surface area contributed by atoms with Gasteiger partial charge in [0.05, 0.1) is 5.00 Å². The Hall–Kier alpha value is -0.550. The summed E-state index contributed by atoms with van der Waals surface area (Å²) in [4.78, 5) is 12.7. The largest absolute Gasteiger partial charge is 0.341 e. The Balaban J connectivity index is 2.77. The van der Waals surface area contributed by atoms with E-state index >= 15 is 0 Å². The van der Waals surface area contributed by atoms with Crippen molar-refractivity contribution in [1.82, 2.24) is 5.32 Å². The number of nitrogens with one attached hydrogen (secondary N) is 1. The molecule has 5 heteroatoms. The van der Waals surface area contributed by atoms with Crippen LogP contribution in [-0.4, -0.2) is 20.1 Å². The van der Waals surface area contributed by atoms with Gasteiger partial charge in [-0.05, 0) is 22.0 Å². The first-order chi connectivity index (χ1) is 5.65. The molecule has 0 aliphatic carbocycles. The molecule has 0 saturated heterocycles. The van der Waals surface area contributed by atoms with E-state index in [-0.39, 0.29) is 6.03 Å². The van der Waals surface area contributed by atoms with E-state index in [4.69, 9.17) is 0 Å². The Kier molecular flexibility index (Phi) is 3.11. The van der Waals surface area contributed by atoms with Crippen LogP contribution in [0.1, 0.15) is 0 Å². The van der Waals surface area contributed by atoms with Gasteiger partial charge in [0.1, 0.15) is 0 Å². The summed E-state index contributed by atoms with van der Waals surface area (Å²) in [5.74, 6) is 0. The van der Waals surface area contributed by atoms with Gasteiger partial charge in [-0.15, -0.1) is 11.3 Å². The van der Waals surface area contributed by atoms with Crippen LogP contribution in [0.15, 0.2) is 15.9 Å². The fourth-order valence-electron chi connectivity index (χ4n) is 0.746. The molecule has 66 valence electrons. The van der Waals surface area contributed by atoms with E-state index in [2.05, 4.69) is 21.2 Å². The van der Waals surface area contributed by atoms with Crippen LogP contribution in [0.4, 0.5) is 9.80 Å². The maximum Gasteiger partial charge on any atom is 0.321 e. The van der Waals surface area contributed by atoms with Gasteiger partial charge in [-0.25, -0.2) is 4.79 Å². The van der Waals surface area contributed by atoms with Crippen molar-refractivity contribution in [3.05, 3.63) is 15.9 Å². The number of hydrogen-bond acceptors (Lipinski definition) is 2. The molecule has 0 aromatic carbocycles. The minimum absolute atomic E-state index is 0.107. The molecule has 1 N–H and O–H groups in total. The Morgan fingerprint density at radius 1 is 1.75 bits per heavy atom. The van der Waals surface area contributed by atoms with E-state index in [1.807, 2.05) is 11.4 Å². The average Bonchev–Trinajstić information content (AvgIpc) is 2.49. The molecule has 1 aromatic rings. The van der Waals surface area contributed by atoms with Crippen LogP contribution >= 0.6 is 27.3 Å². The molecular weight excluding hydrogens is 240 g/mol. The second-order valence-electron chi connectivity index (χ2n) is 2.22. The molecule has 0 radical (unpaired) electrons. The van der Waals surface area contributed by atoms with Crippen molar-refractivity contribution in [3.8, 4) is 0 Å². The van der Waals surface area contributed by atoms with Gasteiger partial charge in [0.25, 0.3) is 0 Å². The highest BCUT2D eigenvalue weighted by molar-refractivity contribution is 9.10. The first kappa shape index (κ1) is 9.54. The lowest BCUT2D eigenvalue weighted by atomic mass is 10.6. The predicted octanol–water partition coefficient (Wildman–Crippen LogP) is 2.29. The number of rotatable bonds is 1. The summed E-state index contributed by atoms with van der Waals surface area (Å²) in [5, 5.41) is 5.41. The van der Waals surface area contributed by atoms with Crippen molar-refractivity contribution in [1.29, 1.82) is 0 Å². The number of amides is 2. The smallest absolute Gasteiger partial charge is 0.321 e. The van der Waals surface area contributed by atoms with E-state index in [0.29, 0.717) is 0 Å². The third kappa shape index (κ3) is 1.98. The molecule has 1 heterocycles. The van der Waals surface area contributed by atoms with E-state index in [9.17, 15) is 4.79 Å². The first-order valence-electron chi connectivity index (χ1n) is 3.34. The molecule has 2 amide bonds. The number of thiophene rings is 1. The van der Waals surface area contributed by atoms with Gasteiger partial charge >= 0.3 is 6.03 Å². The van der Waals surface area contributed by atoms with Crippen LogP contribution in [-0.2, 0) is 0 Å². The van der Waals surface area contributed by atoms with Gasteiger partial charge in [-0.3, -0.25) is 4.90 Å². The van der Waals surface area contributed by atoms with Crippen molar-refractivity contribution in [2.45, 2.75) is 0 Å². The SMILES string of the molecule is CNC(=O)N(C)c1cc(Br)cs1. The van der Waals surface area contributed by atoms with E-state index in [1.165, 1.54) is 11.3 Å². The van der Waals surface area contributed by atoms with Gasteiger partial charge in [-0.2, -0.15) is 0 Å². The minimum Gasteiger partial charge on any atom is -0.341 e. The maximum atomic E-state index is 11.1. The number of hydrogen-bond donors (Lipinski definition) is 1. The molecule has 0 atom stereocenters. The molecule has 1 aromatic heterocycles. The highest BCUT2D eigenvalue weighted by atomic mass is 79.9. The molecule has 3 nitrogen and oxygen atoms in total. The third-order valence-corrected chi connectivity index (χ3v) is 3.17. The standard InChI is InChI=1S/C7H9BrN2OS/c1-9-7(11)10(2)6-3-5(8)4-12-6/h3-4H,1-2H3,(H,9,11). The average molecular weight is 249 g/mol. The summed E-state index contributed by atoms with van der Waals surface area (Å²) >= 11 is 4.84. The normalized spacial score (nSPS) is 9.58. The first-order valence-corrected chi connectivity index (χ1v) is 5.02. The zero-order valence-corrected chi connectivity index (χ0v) is 9.20. The quantitative estimate of drug-likeness (QED) is 0.813. The summed E-state index contributed by atoms with van der Waals surface area (Å²) in [6, 6.07) is 1.80. The zero-order valence-electron chi connectivity index (χ0n) is 6.80. The molecule has 0 saturated carbocycles. The number of anilines is 1. The van der Waals surface area contributed by atoms with Gasteiger partial charge in [-0.1, -0.05) is 0 Å². The molecule has 0 spiro atoms. The monoisotopic (exact) mass is 248 g/mol. The predicted molar refractivity (Wildman–Crippen MR) is 54.9 cm³/mol. The van der Waals surface area contributed by atoms with E-state index in [1.54, 1.807) is 19.0 Å². The number of urea groups is 1. The lowest BCUT2D eigenvalue weighted by Crippen LogP contribution is -2.34. The molecular formula is C7H9BrN2OS. The Labute approximate surface area is 83.5 Å². The lowest BCUT2D eigenvalue weighted by molar-refractivity contribution is 0.249. The molecule has 1 rings (SSSR count). The highest BCUT2D eigenvalue weighted by Gasteiger charge is 2.09. The molecule has 0 fully saturated rings. The fraction of sp³-hybridized carbons (Fsp3) is 0.286. The molecule has 12 heavy (non-hydrogen) atoms. The van der Waals surface area contributed by atoms with Crippen molar-refractivity contribution in [2.75, 3.05) is 19.0 Å². The van der Waals surface area contributed by atoms with Crippen LogP contribution in [0.5, 0.6) is 0 Å². The van der Waals surface area contributed by atoms with Crippen molar-refractivity contribution in [2.24, 2.45) is 0 Å². The van der Waals surface area contributed by atoms with Crippen molar-refractivity contribution in [3.63, 3.8) is 0 Å². The van der Waals surface area contributed by atoms with E-state index in [0.717, 1.165) is 9.47 Å². The molecule has 0 aliphatic rings. The summed E-state index contributed by atoms with van der Waals surface area (Å²) in [5.41, 5.74) is 0. The summed E-state index contributed by atoms with van der Waals surface area (Å²) in [7, 11) is 3.35. The fourth-order valence-corrected chi connectivity index (χ4v) is 2.13. The van der Waals surface area contributed by atoms with Crippen molar-refractivity contribution >= 4 is 38.3 Å². The zero-order chi connectivity index (χ0) is 9.14.